The van der Waals surface area contributed by atoms with E-state index < -0.39 is 10.8 Å². The Morgan fingerprint density at radius 2 is 2.33 bits per heavy atom. The molecule has 0 aromatic carbocycles. The van der Waals surface area contributed by atoms with Gasteiger partial charge >= 0.3 is 6.09 Å². The number of fused-ring (bicyclic) bond motifs is 1. The van der Waals surface area contributed by atoms with E-state index in [1.54, 1.807) is 4.90 Å². The van der Waals surface area contributed by atoms with Gasteiger partial charge < -0.3 is 15.0 Å². The molecule has 1 aromatic rings. The van der Waals surface area contributed by atoms with Crippen molar-refractivity contribution >= 4 is 34.3 Å². The van der Waals surface area contributed by atoms with Gasteiger partial charge in [-0.25, -0.2) is 9.78 Å². The fraction of sp³-hybridized carbons (Fsp3) is 0.583. The van der Waals surface area contributed by atoms with Crippen molar-refractivity contribution in [3.63, 3.8) is 0 Å². The molecule has 3 rings (SSSR count). The molecule has 0 spiro atoms. The molecule has 1 saturated heterocycles. The molecule has 7 nitrogen and oxygen atoms in total. The number of carbonyl (C=O) groups excluding carboxylic acids is 1. The quantitative estimate of drug-likeness (QED) is 0.816. The molecular weight excluding hydrogens is 316 g/mol. The predicted molar refractivity (Wildman–Crippen MR) is 78.0 cm³/mol. The average molecular weight is 331 g/mol. The highest BCUT2D eigenvalue weighted by Crippen LogP contribution is 2.30. The average Bonchev–Trinajstić information content (AvgIpc) is 3.05. The van der Waals surface area contributed by atoms with E-state index in [1.165, 1.54) is 7.11 Å². The first kappa shape index (κ1) is 14.5. The van der Waals surface area contributed by atoms with Gasteiger partial charge in [0.1, 0.15) is 10.7 Å². The fourth-order valence-electron chi connectivity index (χ4n) is 2.63. The Morgan fingerprint density at radius 1 is 1.52 bits per heavy atom. The van der Waals surface area contributed by atoms with Crippen LogP contribution in [0.2, 0.25) is 5.28 Å². The maximum absolute atomic E-state index is 12.1. The van der Waals surface area contributed by atoms with Gasteiger partial charge in [-0.15, -0.1) is 0 Å². The van der Waals surface area contributed by atoms with Crippen molar-refractivity contribution < 1.29 is 13.7 Å². The number of methoxy groups -OCH3 is 1. The van der Waals surface area contributed by atoms with Crippen LogP contribution in [0, 0.1) is 0 Å². The van der Waals surface area contributed by atoms with Crippen molar-refractivity contribution in [3.05, 3.63) is 11.0 Å². The van der Waals surface area contributed by atoms with E-state index in [9.17, 15) is 9.00 Å². The van der Waals surface area contributed by atoms with E-state index in [4.69, 9.17) is 16.3 Å². The van der Waals surface area contributed by atoms with Crippen LogP contribution in [-0.2, 0) is 22.0 Å². The van der Waals surface area contributed by atoms with Crippen molar-refractivity contribution in [1.29, 1.82) is 0 Å². The van der Waals surface area contributed by atoms with Gasteiger partial charge in [0.15, 0.2) is 0 Å². The molecule has 1 aromatic heterocycles. The fourth-order valence-corrected chi connectivity index (χ4v) is 4.13. The number of nitrogens with one attached hydrogen (secondary N) is 1. The van der Waals surface area contributed by atoms with Gasteiger partial charge in [-0.2, -0.15) is 4.98 Å². The van der Waals surface area contributed by atoms with E-state index in [1.807, 2.05) is 0 Å². The van der Waals surface area contributed by atoms with Crippen LogP contribution >= 0.6 is 11.6 Å². The summed E-state index contributed by atoms with van der Waals surface area (Å²) in [5.41, 5.74) is 0.749. The third-order valence-electron chi connectivity index (χ3n) is 3.62. The van der Waals surface area contributed by atoms with Gasteiger partial charge in [-0.05, 0) is 18.0 Å². The molecule has 0 bridgehead atoms. The van der Waals surface area contributed by atoms with E-state index in [0.717, 1.165) is 12.1 Å². The molecule has 0 aliphatic carbocycles. The minimum absolute atomic E-state index is 0.0387. The summed E-state index contributed by atoms with van der Waals surface area (Å²) < 4.78 is 16.8. The largest absolute Gasteiger partial charge is 0.453 e. The SMILES string of the molecule is COC(=O)N1CC[C@H](Nc2nc(Cl)nc3c2[S@](=O)CC3)C1. The van der Waals surface area contributed by atoms with Gasteiger partial charge in [0.25, 0.3) is 0 Å². The standard InChI is InChI=1S/C12H15ClN4O3S/c1-20-12(18)17-4-2-7(6-17)14-10-9-8(3-5-21(9)19)15-11(13)16-10/h7H,2-6H2,1H3,(H,14,15,16)/t7-,21+/m0/s1. The Morgan fingerprint density at radius 3 is 3.10 bits per heavy atom. The van der Waals surface area contributed by atoms with E-state index >= 15 is 0 Å². The summed E-state index contributed by atoms with van der Waals surface area (Å²) >= 11 is 5.92. The van der Waals surface area contributed by atoms with Crippen LogP contribution in [0.4, 0.5) is 10.6 Å². The minimum Gasteiger partial charge on any atom is -0.453 e. The molecule has 2 aliphatic rings. The maximum atomic E-state index is 12.1. The van der Waals surface area contributed by atoms with Gasteiger partial charge in [-0.3, -0.25) is 4.21 Å². The zero-order valence-electron chi connectivity index (χ0n) is 11.5. The summed E-state index contributed by atoms with van der Waals surface area (Å²) in [6.07, 6.45) is 1.09. The summed E-state index contributed by atoms with van der Waals surface area (Å²) in [5.74, 6) is 1.08. The minimum atomic E-state index is -1.09. The molecule has 2 aliphatic heterocycles. The van der Waals surface area contributed by atoms with E-state index in [0.29, 0.717) is 36.0 Å². The van der Waals surface area contributed by atoms with Gasteiger partial charge in [0.2, 0.25) is 5.28 Å². The monoisotopic (exact) mass is 330 g/mol. The maximum Gasteiger partial charge on any atom is 0.409 e. The Labute approximate surface area is 129 Å². The number of aromatic nitrogens is 2. The second-order valence-electron chi connectivity index (χ2n) is 4.96. The van der Waals surface area contributed by atoms with Crippen LogP contribution in [0.1, 0.15) is 12.1 Å². The molecule has 114 valence electrons. The zero-order chi connectivity index (χ0) is 15.0. The van der Waals surface area contributed by atoms with Crippen LogP contribution in [-0.4, -0.2) is 57.2 Å². The van der Waals surface area contributed by atoms with E-state index in [2.05, 4.69) is 15.3 Å². The van der Waals surface area contributed by atoms with Gasteiger partial charge in [0, 0.05) is 31.3 Å². The lowest BCUT2D eigenvalue weighted by atomic mass is 10.2. The molecule has 3 heterocycles. The van der Waals surface area contributed by atoms with Crippen LogP contribution in [0.5, 0.6) is 0 Å². The number of nitrogens with zero attached hydrogens (tertiary/aromatic N) is 3. The highest BCUT2D eigenvalue weighted by atomic mass is 35.5. The van der Waals surface area contributed by atoms with Crippen LogP contribution < -0.4 is 5.32 Å². The number of halogens is 1. The van der Waals surface area contributed by atoms with Crippen molar-refractivity contribution in [2.24, 2.45) is 0 Å². The highest BCUT2D eigenvalue weighted by Gasteiger charge is 2.30. The molecule has 2 atom stereocenters. The second kappa shape index (κ2) is 5.76. The normalized spacial score (nSPS) is 24.0. The number of amides is 1. The number of ether oxygens (including phenoxy) is 1. The zero-order valence-corrected chi connectivity index (χ0v) is 13.0. The van der Waals surface area contributed by atoms with Gasteiger partial charge in [0.05, 0.1) is 23.6 Å². The first-order valence-electron chi connectivity index (χ1n) is 6.62. The van der Waals surface area contributed by atoms with Crippen molar-refractivity contribution in [2.75, 3.05) is 31.3 Å². The third kappa shape index (κ3) is 2.82. The Hall–Kier alpha value is -1.41. The topological polar surface area (TPSA) is 84.4 Å². The number of hydrogen-bond donors (Lipinski definition) is 1. The first-order chi connectivity index (χ1) is 10.1. The highest BCUT2D eigenvalue weighted by molar-refractivity contribution is 7.85. The molecule has 0 saturated carbocycles. The number of hydrogen-bond acceptors (Lipinski definition) is 6. The first-order valence-corrected chi connectivity index (χ1v) is 8.32. The Balaban J connectivity index is 1.78. The number of likely N-dealkylation sites (tertiary alicyclic amines) is 1. The summed E-state index contributed by atoms with van der Waals surface area (Å²) in [5, 5.41) is 3.39. The summed E-state index contributed by atoms with van der Waals surface area (Å²) in [7, 11) is 0.276. The van der Waals surface area contributed by atoms with Crippen molar-refractivity contribution in [1.82, 2.24) is 14.9 Å². The number of rotatable bonds is 2. The molecule has 21 heavy (non-hydrogen) atoms. The molecular formula is C12H15ClN4O3S. The lowest BCUT2D eigenvalue weighted by molar-refractivity contribution is 0.132. The molecule has 0 unspecified atom stereocenters. The Bertz CT molecular complexity index is 612. The molecule has 1 amide bonds. The summed E-state index contributed by atoms with van der Waals surface area (Å²) in [6.45, 7) is 1.14. The smallest absolute Gasteiger partial charge is 0.409 e. The predicted octanol–water partition coefficient (Wildman–Crippen LogP) is 1.05. The van der Waals surface area contributed by atoms with E-state index in [-0.39, 0.29) is 17.4 Å². The molecule has 9 heteroatoms. The van der Waals surface area contributed by atoms with Gasteiger partial charge in [-0.1, -0.05) is 0 Å². The lowest BCUT2D eigenvalue weighted by Crippen LogP contribution is -2.31. The number of aryl methyl sites for hydroxylation is 1. The Kier molecular flexibility index (Phi) is 3.99. The summed E-state index contributed by atoms with van der Waals surface area (Å²) in [4.78, 5) is 22.1. The van der Waals surface area contributed by atoms with Crippen LogP contribution in [0.15, 0.2) is 4.90 Å². The van der Waals surface area contributed by atoms with Crippen LogP contribution in [0.3, 0.4) is 0 Å². The van der Waals surface area contributed by atoms with Crippen LogP contribution in [0.25, 0.3) is 0 Å². The van der Waals surface area contributed by atoms with Crippen molar-refractivity contribution in [3.8, 4) is 0 Å². The second-order valence-corrected chi connectivity index (χ2v) is 6.81. The number of anilines is 1. The number of carbonyl (C=O) groups is 1. The lowest BCUT2D eigenvalue weighted by Gasteiger charge is -2.17. The molecule has 0 radical (unpaired) electrons. The third-order valence-corrected chi connectivity index (χ3v) is 5.25. The summed E-state index contributed by atoms with van der Waals surface area (Å²) in [6, 6.07) is 0.0387. The van der Waals surface area contributed by atoms with Crippen molar-refractivity contribution in [2.45, 2.75) is 23.8 Å². The molecule has 1 fully saturated rings. The molecule has 1 N–H and O–H groups in total.